The summed E-state index contributed by atoms with van der Waals surface area (Å²) in [6.07, 6.45) is -4.44. The molecule has 0 fully saturated rings. The summed E-state index contributed by atoms with van der Waals surface area (Å²) < 4.78 is 36.5. The van der Waals surface area contributed by atoms with Gasteiger partial charge in [0, 0.05) is 5.33 Å². The zero-order valence-corrected chi connectivity index (χ0v) is 10.1. The average molecular weight is 336 g/mol. The molecule has 0 aliphatic rings. The minimum absolute atomic E-state index is 0. The summed E-state index contributed by atoms with van der Waals surface area (Å²) >= 11 is 3.04. The lowest BCUT2D eigenvalue weighted by atomic mass is 10.2. The number of anilines is 1. The van der Waals surface area contributed by atoms with Crippen LogP contribution in [0.1, 0.15) is 11.3 Å². The third-order valence-corrected chi connectivity index (χ3v) is 2.00. The van der Waals surface area contributed by atoms with Gasteiger partial charge in [0.25, 0.3) is 0 Å². The van der Waals surface area contributed by atoms with Crippen molar-refractivity contribution in [2.24, 2.45) is 0 Å². The fourth-order valence-corrected chi connectivity index (χ4v) is 1.16. The molecule has 14 heavy (non-hydrogen) atoms. The number of nitrogens with zero attached hydrogens (tertiary/aromatic N) is 1. The van der Waals surface area contributed by atoms with E-state index < -0.39 is 11.9 Å². The first-order valence-corrected chi connectivity index (χ1v) is 4.45. The molecule has 0 saturated carbocycles. The smallest absolute Gasteiger partial charge is 0.384 e. The number of rotatable bonds is 1. The Balaban J connectivity index is 0.00000169. The van der Waals surface area contributed by atoms with E-state index in [2.05, 4.69) is 20.9 Å². The van der Waals surface area contributed by atoms with E-state index in [1.807, 2.05) is 0 Å². The van der Waals surface area contributed by atoms with Crippen LogP contribution >= 0.6 is 32.9 Å². The summed E-state index contributed by atoms with van der Waals surface area (Å²) in [6, 6.07) is 2.36. The van der Waals surface area contributed by atoms with Crippen LogP contribution in [0.5, 0.6) is 0 Å². The number of nitrogens with two attached hydrogens (primary N) is 1. The molecule has 0 bridgehead atoms. The van der Waals surface area contributed by atoms with Crippen molar-refractivity contribution in [3.8, 4) is 0 Å². The van der Waals surface area contributed by atoms with Crippen LogP contribution in [0.3, 0.4) is 0 Å². The molecule has 1 aromatic heterocycles. The van der Waals surface area contributed by atoms with Crippen LogP contribution in [0.4, 0.5) is 19.0 Å². The highest BCUT2D eigenvalue weighted by atomic mass is 79.9. The molecule has 0 atom stereocenters. The predicted molar refractivity (Wildman–Crippen MR) is 56.6 cm³/mol. The number of aromatic nitrogens is 1. The second-order valence-corrected chi connectivity index (χ2v) is 2.98. The zero-order chi connectivity index (χ0) is 10.1. The first-order chi connectivity index (χ1) is 5.93. The van der Waals surface area contributed by atoms with Gasteiger partial charge in [0.1, 0.15) is 11.5 Å². The molecule has 0 amide bonds. The molecule has 7 heteroatoms. The van der Waals surface area contributed by atoms with Crippen molar-refractivity contribution in [2.45, 2.75) is 11.5 Å². The fourth-order valence-electron chi connectivity index (χ4n) is 0.833. The van der Waals surface area contributed by atoms with E-state index >= 15 is 0 Å². The van der Waals surface area contributed by atoms with Crippen molar-refractivity contribution in [3.63, 3.8) is 0 Å². The first kappa shape index (κ1) is 13.7. The Morgan fingerprint density at radius 3 is 2.36 bits per heavy atom. The second-order valence-electron chi connectivity index (χ2n) is 2.42. The highest BCUT2D eigenvalue weighted by molar-refractivity contribution is 9.08. The molecule has 1 rings (SSSR count). The monoisotopic (exact) mass is 334 g/mol. The molecule has 1 heterocycles. The minimum Gasteiger partial charge on any atom is -0.384 e. The van der Waals surface area contributed by atoms with Gasteiger partial charge in [-0.05, 0) is 17.7 Å². The lowest BCUT2D eigenvalue weighted by Gasteiger charge is -2.07. The first-order valence-electron chi connectivity index (χ1n) is 3.33. The molecular weight excluding hydrogens is 329 g/mol. The Morgan fingerprint density at radius 1 is 1.36 bits per heavy atom. The van der Waals surface area contributed by atoms with Crippen LogP contribution in [0.15, 0.2) is 12.1 Å². The lowest BCUT2D eigenvalue weighted by Crippen LogP contribution is -2.10. The normalized spacial score (nSPS) is 10.9. The van der Waals surface area contributed by atoms with Crippen molar-refractivity contribution in [1.82, 2.24) is 4.98 Å². The van der Waals surface area contributed by atoms with Gasteiger partial charge in [0.05, 0.1) is 0 Å². The Morgan fingerprint density at radius 2 is 1.93 bits per heavy atom. The van der Waals surface area contributed by atoms with E-state index in [0.29, 0.717) is 10.9 Å². The predicted octanol–water partition coefficient (Wildman–Crippen LogP) is 3.16. The Hall–Kier alpha value is -0.300. The number of hydrogen-bond acceptors (Lipinski definition) is 2. The number of hydrogen-bond donors (Lipinski definition) is 1. The van der Waals surface area contributed by atoms with Gasteiger partial charge in [0.2, 0.25) is 0 Å². The van der Waals surface area contributed by atoms with Crippen LogP contribution in [0.2, 0.25) is 0 Å². The molecule has 80 valence electrons. The molecule has 0 saturated heterocycles. The van der Waals surface area contributed by atoms with E-state index in [4.69, 9.17) is 5.73 Å². The van der Waals surface area contributed by atoms with Crippen LogP contribution < -0.4 is 5.73 Å². The number of nitrogen functional groups attached to an aromatic ring is 1. The average Bonchev–Trinajstić information content (AvgIpc) is 2.01. The summed E-state index contributed by atoms with van der Waals surface area (Å²) in [5, 5.41) is 0.322. The molecule has 0 radical (unpaired) electrons. The van der Waals surface area contributed by atoms with Crippen molar-refractivity contribution < 1.29 is 13.2 Å². The molecule has 2 N–H and O–H groups in total. The van der Waals surface area contributed by atoms with E-state index in [9.17, 15) is 13.2 Å². The van der Waals surface area contributed by atoms with Crippen LogP contribution in [-0.4, -0.2) is 4.98 Å². The fraction of sp³-hybridized carbons (Fsp3) is 0.286. The van der Waals surface area contributed by atoms with Crippen molar-refractivity contribution in [2.75, 3.05) is 5.73 Å². The number of pyridine rings is 1. The molecule has 0 aliphatic heterocycles. The summed E-state index contributed by atoms with van der Waals surface area (Å²) in [7, 11) is 0. The standard InChI is InChI=1S/C7H6BrF3N2.BrH/c8-3-4-1-5(7(9,10)11)13-6(12)2-4;/h1-2H,3H2,(H2,12,13);1H. The van der Waals surface area contributed by atoms with E-state index in [1.165, 1.54) is 6.07 Å². The SMILES string of the molecule is Br.Nc1cc(CBr)cc(C(F)(F)F)n1. The summed E-state index contributed by atoms with van der Waals surface area (Å²) in [5.41, 5.74) is 4.70. The van der Waals surface area contributed by atoms with Gasteiger partial charge >= 0.3 is 6.18 Å². The summed E-state index contributed by atoms with van der Waals surface area (Å²) in [5.74, 6) is -0.121. The number of alkyl halides is 4. The van der Waals surface area contributed by atoms with Gasteiger partial charge in [0.15, 0.2) is 0 Å². The van der Waals surface area contributed by atoms with Crippen molar-refractivity contribution in [3.05, 3.63) is 23.4 Å². The van der Waals surface area contributed by atoms with E-state index in [1.54, 1.807) is 0 Å². The molecule has 2 nitrogen and oxygen atoms in total. The Labute approximate surface area is 97.6 Å². The lowest BCUT2D eigenvalue weighted by molar-refractivity contribution is -0.141. The van der Waals surface area contributed by atoms with Gasteiger partial charge in [-0.25, -0.2) is 4.98 Å². The van der Waals surface area contributed by atoms with Crippen LogP contribution in [0.25, 0.3) is 0 Å². The molecular formula is C7H7Br2F3N2. The zero-order valence-electron chi connectivity index (χ0n) is 6.81. The summed E-state index contributed by atoms with van der Waals surface area (Å²) in [6.45, 7) is 0. The molecule has 0 spiro atoms. The Bertz CT molecular complexity index is 314. The van der Waals surface area contributed by atoms with Crippen molar-refractivity contribution in [1.29, 1.82) is 0 Å². The summed E-state index contributed by atoms with van der Waals surface area (Å²) in [4.78, 5) is 3.18. The van der Waals surface area contributed by atoms with Crippen LogP contribution in [-0.2, 0) is 11.5 Å². The number of halogens is 5. The van der Waals surface area contributed by atoms with E-state index in [0.717, 1.165) is 6.07 Å². The van der Waals surface area contributed by atoms with Gasteiger partial charge < -0.3 is 5.73 Å². The van der Waals surface area contributed by atoms with Gasteiger partial charge in [-0.1, -0.05) is 15.9 Å². The second kappa shape index (κ2) is 4.97. The third-order valence-electron chi connectivity index (χ3n) is 1.35. The van der Waals surface area contributed by atoms with Crippen molar-refractivity contribution >= 4 is 38.7 Å². The molecule has 0 aromatic carbocycles. The maximum atomic E-state index is 12.2. The maximum absolute atomic E-state index is 12.2. The largest absolute Gasteiger partial charge is 0.433 e. The minimum atomic E-state index is -4.44. The molecule has 0 aliphatic carbocycles. The molecule has 1 aromatic rings. The highest BCUT2D eigenvalue weighted by Crippen LogP contribution is 2.29. The van der Waals surface area contributed by atoms with E-state index in [-0.39, 0.29) is 22.8 Å². The van der Waals surface area contributed by atoms with Gasteiger partial charge in [-0.15, -0.1) is 17.0 Å². The van der Waals surface area contributed by atoms with Crippen LogP contribution in [0, 0.1) is 0 Å². The maximum Gasteiger partial charge on any atom is 0.433 e. The molecule has 0 unspecified atom stereocenters. The third kappa shape index (κ3) is 3.45. The quantitative estimate of drug-likeness (QED) is 0.801. The highest BCUT2D eigenvalue weighted by Gasteiger charge is 2.32. The topological polar surface area (TPSA) is 38.9 Å². The van der Waals surface area contributed by atoms with Gasteiger partial charge in [-0.2, -0.15) is 13.2 Å². The van der Waals surface area contributed by atoms with Gasteiger partial charge in [-0.3, -0.25) is 0 Å². The Kier molecular flexibility index (Phi) is 4.87.